The molecule has 1 fully saturated rings. The van der Waals surface area contributed by atoms with Gasteiger partial charge in [0.05, 0.1) is 0 Å². The minimum Gasteiger partial charge on any atom is -0.381 e. The Morgan fingerprint density at radius 2 is 1.88 bits per heavy atom. The van der Waals surface area contributed by atoms with Gasteiger partial charge in [-0.05, 0) is 48.6 Å². The number of anilines is 1. The van der Waals surface area contributed by atoms with Crippen LogP contribution in [0, 0.1) is 0 Å². The third-order valence-electron chi connectivity index (χ3n) is 4.58. The van der Waals surface area contributed by atoms with Crippen molar-refractivity contribution < 1.29 is 4.79 Å². The van der Waals surface area contributed by atoms with Crippen molar-refractivity contribution in [3.63, 3.8) is 0 Å². The first kappa shape index (κ1) is 16.5. The lowest BCUT2D eigenvalue weighted by atomic mass is 10.0. The number of nitrogens with one attached hydrogen (secondary N) is 1. The maximum atomic E-state index is 12.6. The van der Waals surface area contributed by atoms with E-state index in [2.05, 4.69) is 48.4 Å². The van der Waals surface area contributed by atoms with Gasteiger partial charge in [-0.3, -0.25) is 9.78 Å². The smallest absolute Gasteiger partial charge is 0.254 e. The molecular formula is C20H25N3O. The number of hydrogen-bond donors (Lipinski definition) is 1. The van der Waals surface area contributed by atoms with Crippen molar-refractivity contribution in [2.75, 3.05) is 18.4 Å². The van der Waals surface area contributed by atoms with E-state index in [1.807, 2.05) is 4.90 Å². The van der Waals surface area contributed by atoms with Gasteiger partial charge in [-0.1, -0.05) is 26.0 Å². The molecule has 1 aliphatic heterocycles. The van der Waals surface area contributed by atoms with Crippen LogP contribution in [0.5, 0.6) is 0 Å². The van der Waals surface area contributed by atoms with Crippen LogP contribution in [0.1, 0.15) is 48.5 Å². The molecule has 1 saturated heterocycles. The summed E-state index contributed by atoms with van der Waals surface area (Å²) >= 11 is 0. The molecule has 4 nitrogen and oxygen atoms in total. The van der Waals surface area contributed by atoms with Crippen LogP contribution in [0.3, 0.4) is 0 Å². The van der Waals surface area contributed by atoms with E-state index < -0.39 is 0 Å². The molecule has 1 aromatic carbocycles. The van der Waals surface area contributed by atoms with Crippen LogP contribution in [0.15, 0.2) is 48.8 Å². The number of carbonyl (C=O) groups is 1. The highest BCUT2D eigenvalue weighted by atomic mass is 16.2. The number of piperidine rings is 1. The van der Waals surface area contributed by atoms with E-state index in [9.17, 15) is 4.79 Å². The molecule has 1 aliphatic rings. The molecule has 1 atom stereocenters. The lowest BCUT2D eigenvalue weighted by molar-refractivity contribution is 0.0714. The zero-order valence-electron chi connectivity index (χ0n) is 14.4. The average molecular weight is 323 g/mol. The molecule has 0 aliphatic carbocycles. The summed E-state index contributed by atoms with van der Waals surface area (Å²) in [5.41, 5.74) is 3.19. The number of benzene rings is 1. The van der Waals surface area contributed by atoms with Gasteiger partial charge < -0.3 is 10.2 Å². The Bertz CT molecular complexity index is 667. The summed E-state index contributed by atoms with van der Waals surface area (Å²) in [6.45, 7) is 5.97. The van der Waals surface area contributed by atoms with Gasteiger partial charge in [0.2, 0.25) is 0 Å². The van der Waals surface area contributed by atoms with Gasteiger partial charge in [0.25, 0.3) is 5.91 Å². The molecule has 1 amide bonds. The number of aromatic nitrogens is 1. The summed E-state index contributed by atoms with van der Waals surface area (Å²) < 4.78 is 0. The van der Waals surface area contributed by atoms with Crippen LogP contribution >= 0.6 is 0 Å². The standard InChI is InChI=1S/C20H25N3O/c1-15(2)16-5-7-18(8-6-16)22-19-4-3-13-23(14-19)20(24)17-9-11-21-12-10-17/h5-12,15,19,22H,3-4,13-14H2,1-2H3/t19-/m0/s1. The number of carbonyl (C=O) groups excluding carboxylic acids is 1. The highest BCUT2D eigenvalue weighted by molar-refractivity contribution is 5.94. The van der Waals surface area contributed by atoms with Crippen LogP contribution < -0.4 is 5.32 Å². The van der Waals surface area contributed by atoms with Crippen molar-refractivity contribution in [1.82, 2.24) is 9.88 Å². The molecule has 4 heteroatoms. The largest absolute Gasteiger partial charge is 0.381 e. The molecule has 2 heterocycles. The monoisotopic (exact) mass is 323 g/mol. The number of nitrogens with zero attached hydrogens (tertiary/aromatic N) is 2. The van der Waals surface area contributed by atoms with Crippen LogP contribution in [-0.2, 0) is 0 Å². The number of hydrogen-bond acceptors (Lipinski definition) is 3. The average Bonchev–Trinajstić information content (AvgIpc) is 2.62. The van der Waals surface area contributed by atoms with E-state index in [1.54, 1.807) is 24.5 Å². The Morgan fingerprint density at radius 1 is 1.17 bits per heavy atom. The summed E-state index contributed by atoms with van der Waals surface area (Å²) in [5.74, 6) is 0.640. The Hall–Kier alpha value is -2.36. The SMILES string of the molecule is CC(C)c1ccc(N[C@H]2CCCN(C(=O)c3ccncc3)C2)cc1. The molecule has 2 aromatic rings. The lowest BCUT2D eigenvalue weighted by Gasteiger charge is -2.33. The second-order valence-electron chi connectivity index (χ2n) is 6.75. The van der Waals surface area contributed by atoms with Crippen molar-refractivity contribution in [1.29, 1.82) is 0 Å². The van der Waals surface area contributed by atoms with E-state index in [1.165, 1.54) is 5.56 Å². The molecule has 0 saturated carbocycles. The Balaban J connectivity index is 1.62. The minimum atomic E-state index is 0.0963. The quantitative estimate of drug-likeness (QED) is 0.927. The Morgan fingerprint density at radius 3 is 2.54 bits per heavy atom. The summed E-state index contributed by atoms with van der Waals surface area (Å²) in [7, 11) is 0. The van der Waals surface area contributed by atoms with Crippen LogP contribution in [0.25, 0.3) is 0 Å². The Kier molecular flexibility index (Phi) is 5.14. The van der Waals surface area contributed by atoms with E-state index in [4.69, 9.17) is 0 Å². The lowest BCUT2D eigenvalue weighted by Crippen LogP contribution is -2.45. The fraction of sp³-hybridized carbons (Fsp3) is 0.400. The zero-order chi connectivity index (χ0) is 16.9. The van der Waals surface area contributed by atoms with Gasteiger partial charge in [0, 0.05) is 42.8 Å². The molecule has 24 heavy (non-hydrogen) atoms. The number of likely N-dealkylation sites (tertiary alicyclic amines) is 1. The van der Waals surface area contributed by atoms with Gasteiger partial charge in [-0.2, -0.15) is 0 Å². The first-order valence-electron chi connectivity index (χ1n) is 8.69. The van der Waals surface area contributed by atoms with Crippen LogP contribution in [0.4, 0.5) is 5.69 Å². The molecule has 0 radical (unpaired) electrons. The van der Waals surface area contributed by atoms with E-state index in [0.29, 0.717) is 17.5 Å². The molecular weight excluding hydrogens is 298 g/mol. The minimum absolute atomic E-state index is 0.0963. The highest BCUT2D eigenvalue weighted by Gasteiger charge is 2.24. The molecule has 3 rings (SSSR count). The van der Waals surface area contributed by atoms with E-state index in [-0.39, 0.29) is 5.91 Å². The van der Waals surface area contributed by atoms with Gasteiger partial charge in [-0.15, -0.1) is 0 Å². The predicted molar refractivity (Wildman–Crippen MR) is 97.3 cm³/mol. The zero-order valence-corrected chi connectivity index (χ0v) is 14.4. The molecule has 0 bridgehead atoms. The van der Waals surface area contributed by atoms with Crippen molar-refractivity contribution in [3.8, 4) is 0 Å². The number of rotatable bonds is 4. The summed E-state index contributed by atoms with van der Waals surface area (Å²) in [6.07, 6.45) is 5.46. The van der Waals surface area contributed by atoms with Crippen molar-refractivity contribution in [2.24, 2.45) is 0 Å². The predicted octanol–water partition coefficient (Wildman–Crippen LogP) is 3.92. The maximum Gasteiger partial charge on any atom is 0.254 e. The van der Waals surface area contributed by atoms with Crippen LogP contribution in [-0.4, -0.2) is 34.9 Å². The van der Waals surface area contributed by atoms with Crippen molar-refractivity contribution in [3.05, 3.63) is 59.9 Å². The highest BCUT2D eigenvalue weighted by Crippen LogP contribution is 2.20. The molecule has 1 N–H and O–H groups in total. The van der Waals surface area contributed by atoms with Crippen LogP contribution in [0.2, 0.25) is 0 Å². The van der Waals surface area contributed by atoms with Crippen molar-refractivity contribution in [2.45, 2.75) is 38.6 Å². The van der Waals surface area contributed by atoms with Gasteiger partial charge >= 0.3 is 0 Å². The van der Waals surface area contributed by atoms with E-state index in [0.717, 1.165) is 31.6 Å². The van der Waals surface area contributed by atoms with Gasteiger partial charge in [0.1, 0.15) is 0 Å². The van der Waals surface area contributed by atoms with Gasteiger partial charge in [0.15, 0.2) is 0 Å². The van der Waals surface area contributed by atoms with Crippen molar-refractivity contribution >= 4 is 11.6 Å². The fourth-order valence-corrected chi connectivity index (χ4v) is 3.16. The first-order chi connectivity index (χ1) is 11.6. The third kappa shape index (κ3) is 3.94. The molecule has 1 aromatic heterocycles. The summed E-state index contributed by atoms with van der Waals surface area (Å²) in [6, 6.07) is 12.5. The first-order valence-corrected chi connectivity index (χ1v) is 8.69. The molecule has 0 spiro atoms. The topological polar surface area (TPSA) is 45.2 Å². The normalized spacial score (nSPS) is 17.8. The molecule has 0 unspecified atom stereocenters. The maximum absolute atomic E-state index is 12.6. The number of pyridine rings is 1. The fourth-order valence-electron chi connectivity index (χ4n) is 3.16. The van der Waals surface area contributed by atoms with E-state index >= 15 is 0 Å². The second kappa shape index (κ2) is 7.47. The van der Waals surface area contributed by atoms with Gasteiger partial charge in [-0.25, -0.2) is 0 Å². The summed E-state index contributed by atoms with van der Waals surface area (Å²) in [4.78, 5) is 18.5. The number of amides is 1. The second-order valence-corrected chi connectivity index (χ2v) is 6.75. The summed E-state index contributed by atoms with van der Waals surface area (Å²) in [5, 5.41) is 3.58. The Labute approximate surface area is 143 Å². The third-order valence-corrected chi connectivity index (χ3v) is 4.58. The molecule has 126 valence electrons.